The molecule has 8 nitrogen and oxygen atoms in total. The summed E-state index contributed by atoms with van der Waals surface area (Å²) in [6.07, 6.45) is -3.80. The number of aryl methyl sites for hydroxylation is 1. The average molecular weight is 456 g/mol. The highest BCUT2D eigenvalue weighted by molar-refractivity contribution is 6.04. The molecule has 0 aliphatic carbocycles. The quantitative estimate of drug-likeness (QED) is 0.453. The lowest BCUT2D eigenvalue weighted by molar-refractivity contribution is -0.142. The van der Waals surface area contributed by atoms with Crippen LogP contribution in [0.5, 0.6) is 0 Å². The summed E-state index contributed by atoms with van der Waals surface area (Å²) in [5.41, 5.74) is -1.39. The Morgan fingerprint density at radius 1 is 1.18 bits per heavy atom. The van der Waals surface area contributed by atoms with Gasteiger partial charge in [0.2, 0.25) is 0 Å². The maximum absolute atomic E-state index is 13.8. The first-order valence-electron chi connectivity index (χ1n) is 9.24. The number of benzene rings is 2. The number of aromatic nitrogens is 4. The number of anilines is 1. The highest BCUT2D eigenvalue weighted by Crippen LogP contribution is 2.38. The molecule has 2 aromatic carbocycles. The fourth-order valence-corrected chi connectivity index (χ4v) is 3.02. The van der Waals surface area contributed by atoms with Crippen LogP contribution in [0.1, 0.15) is 27.4 Å². The Kier molecular flexibility index (Phi) is 5.39. The number of carbonyl (C=O) groups excluding carboxylic acids is 1. The number of alkyl halides is 3. The number of hydrogen-bond acceptors (Lipinski definition) is 6. The Morgan fingerprint density at radius 2 is 1.91 bits per heavy atom. The van der Waals surface area contributed by atoms with Crippen molar-refractivity contribution in [1.82, 2.24) is 19.9 Å². The second kappa shape index (κ2) is 8.19. The largest absolute Gasteiger partial charge is 0.434 e. The van der Waals surface area contributed by atoms with Gasteiger partial charge in [-0.3, -0.25) is 4.79 Å². The monoisotopic (exact) mass is 456 g/mol. The van der Waals surface area contributed by atoms with E-state index in [0.29, 0.717) is 4.68 Å². The second-order valence-corrected chi connectivity index (χ2v) is 6.77. The van der Waals surface area contributed by atoms with Crippen LogP contribution in [-0.4, -0.2) is 25.8 Å². The van der Waals surface area contributed by atoms with Crippen LogP contribution in [-0.2, 0) is 6.18 Å². The average Bonchev–Trinajstić information content (AvgIpc) is 3.40. The van der Waals surface area contributed by atoms with Gasteiger partial charge in [-0.25, -0.2) is 9.07 Å². The molecule has 166 valence electrons. The first-order chi connectivity index (χ1) is 15.7. The Balaban J connectivity index is 1.61. The van der Waals surface area contributed by atoms with Crippen LogP contribution >= 0.6 is 0 Å². The van der Waals surface area contributed by atoms with Crippen molar-refractivity contribution < 1.29 is 26.9 Å². The molecule has 4 aromatic rings. The van der Waals surface area contributed by atoms with Gasteiger partial charge in [0.05, 0.1) is 23.0 Å². The molecule has 0 fully saturated rings. The van der Waals surface area contributed by atoms with Gasteiger partial charge in [0.25, 0.3) is 11.8 Å². The third-order valence-corrected chi connectivity index (χ3v) is 4.52. The van der Waals surface area contributed by atoms with Crippen LogP contribution in [0, 0.1) is 24.1 Å². The zero-order valence-electron chi connectivity index (χ0n) is 16.7. The Morgan fingerprint density at radius 3 is 2.48 bits per heavy atom. The zero-order chi connectivity index (χ0) is 23.8. The van der Waals surface area contributed by atoms with Gasteiger partial charge in [0.1, 0.15) is 11.9 Å². The zero-order valence-corrected chi connectivity index (χ0v) is 16.7. The molecule has 0 saturated carbocycles. The summed E-state index contributed by atoms with van der Waals surface area (Å²) in [6, 6.07) is 10.4. The summed E-state index contributed by atoms with van der Waals surface area (Å²) >= 11 is 0. The molecule has 2 heterocycles. The standard InChI is InChI=1S/C21H12F4N6O2/c1-11-28-20(33-30-11)16-10-27-31(18(16)21(23,24)25)15-6-4-14(5-7-15)29-19(32)12-2-3-13(9-26)17(22)8-12/h2-8,10H,1H3,(H,29,32). The summed E-state index contributed by atoms with van der Waals surface area (Å²) in [6.45, 7) is 1.48. The minimum absolute atomic E-state index is 0.0264. The molecule has 0 aliphatic rings. The summed E-state index contributed by atoms with van der Waals surface area (Å²) in [7, 11) is 0. The van der Waals surface area contributed by atoms with Gasteiger partial charge in [-0.2, -0.15) is 28.5 Å². The third-order valence-electron chi connectivity index (χ3n) is 4.52. The van der Waals surface area contributed by atoms with Crippen LogP contribution in [0.15, 0.2) is 53.2 Å². The molecule has 12 heteroatoms. The highest BCUT2D eigenvalue weighted by Gasteiger charge is 2.40. The number of rotatable bonds is 4. The molecule has 0 aliphatic heterocycles. The van der Waals surface area contributed by atoms with Gasteiger partial charge in [-0.1, -0.05) is 5.16 Å². The number of nitrogens with zero attached hydrogens (tertiary/aromatic N) is 5. The van der Waals surface area contributed by atoms with Gasteiger partial charge in [0.15, 0.2) is 11.5 Å². The van der Waals surface area contributed by atoms with Crippen molar-refractivity contribution in [2.45, 2.75) is 13.1 Å². The van der Waals surface area contributed by atoms with Gasteiger partial charge >= 0.3 is 6.18 Å². The lowest BCUT2D eigenvalue weighted by Crippen LogP contribution is -2.15. The Hall–Kier alpha value is -4.53. The summed E-state index contributed by atoms with van der Waals surface area (Å²) < 4.78 is 60.6. The molecular weight excluding hydrogens is 444 g/mol. The number of nitriles is 1. The van der Waals surface area contributed by atoms with Crippen LogP contribution in [0.3, 0.4) is 0 Å². The SMILES string of the molecule is Cc1noc(-c2cnn(-c3ccc(NC(=O)c4ccc(C#N)c(F)c4)cc3)c2C(F)(F)F)n1. The van der Waals surface area contributed by atoms with Gasteiger partial charge in [-0.05, 0) is 49.4 Å². The van der Waals surface area contributed by atoms with Gasteiger partial charge < -0.3 is 9.84 Å². The van der Waals surface area contributed by atoms with Crippen LogP contribution < -0.4 is 5.32 Å². The summed E-state index contributed by atoms with van der Waals surface area (Å²) in [4.78, 5) is 16.1. The normalized spacial score (nSPS) is 11.3. The third kappa shape index (κ3) is 4.29. The molecule has 33 heavy (non-hydrogen) atoms. The molecule has 0 spiro atoms. The van der Waals surface area contributed by atoms with E-state index in [0.717, 1.165) is 12.3 Å². The Bertz CT molecular complexity index is 1380. The van der Waals surface area contributed by atoms with E-state index in [4.69, 9.17) is 9.78 Å². The molecule has 2 aromatic heterocycles. The molecule has 0 atom stereocenters. The Labute approximate surface area is 183 Å². The maximum atomic E-state index is 13.8. The van der Waals surface area contributed by atoms with Crippen molar-refractivity contribution >= 4 is 11.6 Å². The van der Waals surface area contributed by atoms with Crippen molar-refractivity contribution in [1.29, 1.82) is 5.26 Å². The topological polar surface area (TPSA) is 110 Å². The first-order valence-corrected chi connectivity index (χ1v) is 9.24. The van der Waals surface area contributed by atoms with E-state index in [9.17, 15) is 22.4 Å². The molecule has 1 amide bonds. The van der Waals surface area contributed by atoms with Gasteiger partial charge in [0, 0.05) is 11.3 Å². The van der Waals surface area contributed by atoms with Crippen molar-refractivity contribution in [3.8, 4) is 23.2 Å². The van der Waals surface area contributed by atoms with Crippen molar-refractivity contribution in [3.05, 3.63) is 77.1 Å². The fraction of sp³-hybridized carbons (Fsp3) is 0.0952. The minimum Gasteiger partial charge on any atom is -0.334 e. The van der Waals surface area contributed by atoms with E-state index >= 15 is 0 Å². The lowest BCUT2D eigenvalue weighted by atomic mass is 10.1. The minimum atomic E-state index is -4.78. The molecular formula is C21H12F4N6O2. The molecule has 1 N–H and O–H groups in total. The van der Waals surface area contributed by atoms with Crippen molar-refractivity contribution in [3.63, 3.8) is 0 Å². The smallest absolute Gasteiger partial charge is 0.334 e. The van der Waals surface area contributed by atoms with E-state index in [-0.39, 0.29) is 39.8 Å². The van der Waals surface area contributed by atoms with E-state index in [1.54, 1.807) is 6.07 Å². The maximum Gasteiger partial charge on any atom is 0.434 e. The van der Waals surface area contributed by atoms with E-state index in [1.807, 2.05) is 0 Å². The van der Waals surface area contributed by atoms with Crippen LogP contribution in [0.4, 0.5) is 23.2 Å². The molecule has 0 saturated heterocycles. The molecule has 0 radical (unpaired) electrons. The summed E-state index contributed by atoms with van der Waals surface area (Å²) in [5.74, 6) is -1.64. The van der Waals surface area contributed by atoms with Crippen molar-refractivity contribution in [2.75, 3.05) is 5.32 Å². The lowest BCUT2D eigenvalue weighted by Gasteiger charge is -2.12. The number of halogens is 4. The number of nitrogens with one attached hydrogen (secondary N) is 1. The number of carbonyl (C=O) groups is 1. The van der Waals surface area contributed by atoms with E-state index in [1.165, 1.54) is 43.3 Å². The molecule has 0 unspecified atom stereocenters. The van der Waals surface area contributed by atoms with Crippen molar-refractivity contribution in [2.24, 2.45) is 0 Å². The molecule has 4 rings (SSSR count). The number of hydrogen-bond donors (Lipinski definition) is 1. The predicted molar refractivity (Wildman–Crippen MR) is 106 cm³/mol. The first kappa shape index (κ1) is 21.7. The predicted octanol–water partition coefficient (Wildman–Crippen LogP) is 4.51. The van der Waals surface area contributed by atoms with E-state index < -0.39 is 23.6 Å². The second-order valence-electron chi connectivity index (χ2n) is 6.77. The van der Waals surface area contributed by atoms with Crippen LogP contribution in [0.2, 0.25) is 0 Å². The summed E-state index contributed by atoms with van der Waals surface area (Å²) in [5, 5.41) is 18.6. The van der Waals surface area contributed by atoms with E-state index in [2.05, 4.69) is 20.6 Å². The van der Waals surface area contributed by atoms with Gasteiger partial charge in [-0.15, -0.1) is 0 Å². The molecule has 0 bridgehead atoms. The number of amides is 1. The highest BCUT2D eigenvalue weighted by atomic mass is 19.4. The fourth-order valence-electron chi connectivity index (χ4n) is 3.02. The van der Waals surface area contributed by atoms with Crippen LogP contribution in [0.25, 0.3) is 17.1 Å².